The number of hydrogen-bond acceptors (Lipinski definition) is 5. The lowest BCUT2D eigenvalue weighted by atomic mass is 9.95. The smallest absolute Gasteiger partial charge is 0.315 e. The fraction of sp³-hybridized carbons (Fsp3) is 0.308. The molecule has 0 fully saturated rings. The van der Waals surface area contributed by atoms with Crippen LogP contribution in [0.1, 0.15) is 17.0 Å². The maximum Gasteiger partial charge on any atom is 0.328 e. The molecule has 2 aromatic rings. The molecule has 0 spiro atoms. The van der Waals surface area contributed by atoms with Crippen LogP contribution in [0.25, 0.3) is 0 Å². The first-order valence-electron chi connectivity index (χ1n) is 6.14. The second kappa shape index (κ2) is 4.81. The van der Waals surface area contributed by atoms with Gasteiger partial charge in [-0.15, -0.1) is 0 Å². The number of rotatable bonds is 2. The molecule has 19 heavy (non-hydrogen) atoms. The van der Waals surface area contributed by atoms with E-state index in [1.165, 1.54) is 11.1 Å². The highest BCUT2D eigenvalue weighted by Gasteiger charge is 2.24. The number of amides is 1. The second-order valence-electron chi connectivity index (χ2n) is 4.54. The third-order valence-corrected chi connectivity index (χ3v) is 3.16. The van der Waals surface area contributed by atoms with Crippen LogP contribution in [-0.4, -0.2) is 22.1 Å². The van der Waals surface area contributed by atoms with E-state index in [1.54, 1.807) is 6.92 Å². The zero-order valence-corrected chi connectivity index (χ0v) is 10.5. The van der Waals surface area contributed by atoms with Gasteiger partial charge in [-0.05, 0) is 24.5 Å². The van der Waals surface area contributed by atoms with Crippen molar-refractivity contribution >= 4 is 11.9 Å². The number of aryl methyl sites for hydroxylation is 1. The van der Waals surface area contributed by atoms with Crippen LogP contribution in [0, 0.1) is 6.92 Å². The summed E-state index contributed by atoms with van der Waals surface area (Å²) in [6.45, 7) is 2.39. The summed E-state index contributed by atoms with van der Waals surface area (Å²) in [5.74, 6) is 0.343. The van der Waals surface area contributed by atoms with Crippen molar-refractivity contribution in [2.75, 3.05) is 5.32 Å². The van der Waals surface area contributed by atoms with Gasteiger partial charge in [-0.25, -0.2) is 0 Å². The minimum absolute atomic E-state index is 0.142. The third kappa shape index (κ3) is 2.48. The maximum atomic E-state index is 12.1. The van der Waals surface area contributed by atoms with Crippen LogP contribution in [0.15, 0.2) is 28.8 Å². The lowest BCUT2D eigenvalue weighted by Crippen LogP contribution is -2.44. The van der Waals surface area contributed by atoms with Crippen molar-refractivity contribution in [3.05, 3.63) is 41.2 Å². The van der Waals surface area contributed by atoms with Gasteiger partial charge in [0.2, 0.25) is 5.91 Å². The highest BCUT2D eigenvalue weighted by molar-refractivity contribution is 5.93. The molecule has 1 aliphatic rings. The minimum Gasteiger partial charge on any atom is -0.315 e. The fourth-order valence-corrected chi connectivity index (χ4v) is 2.18. The zero-order valence-electron chi connectivity index (χ0n) is 10.5. The van der Waals surface area contributed by atoms with Gasteiger partial charge < -0.3 is 9.84 Å². The van der Waals surface area contributed by atoms with E-state index in [0.717, 1.165) is 0 Å². The quantitative estimate of drug-likeness (QED) is 0.841. The van der Waals surface area contributed by atoms with Crippen molar-refractivity contribution < 1.29 is 9.32 Å². The Morgan fingerprint density at radius 3 is 2.95 bits per heavy atom. The molecule has 1 aromatic heterocycles. The van der Waals surface area contributed by atoms with E-state index >= 15 is 0 Å². The molecular formula is C13H14N4O2. The highest BCUT2D eigenvalue weighted by Crippen LogP contribution is 2.17. The molecule has 2 N–H and O–H groups in total. The van der Waals surface area contributed by atoms with Gasteiger partial charge in [-0.3, -0.25) is 10.1 Å². The van der Waals surface area contributed by atoms with Crippen molar-refractivity contribution in [2.24, 2.45) is 0 Å². The second-order valence-corrected chi connectivity index (χ2v) is 4.54. The normalized spacial score (nSPS) is 17.8. The van der Waals surface area contributed by atoms with Gasteiger partial charge in [0.05, 0.1) is 6.04 Å². The molecule has 0 saturated carbocycles. The maximum absolute atomic E-state index is 12.1. The summed E-state index contributed by atoms with van der Waals surface area (Å²) in [5, 5.41) is 9.45. The average molecular weight is 258 g/mol. The van der Waals surface area contributed by atoms with E-state index in [1.807, 2.05) is 18.2 Å². The van der Waals surface area contributed by atoms with E-state index < -0.39 is 0 Å². The van der Waals surface area contributed by atoms with Crippen LogP contribution in [0.2, 0.25) is 0 Å². The molecule has 0 radical (unpaired) electrons. The van der Waals surface area contributed by atoms with Gasteiger partial charge in [0.25, 0.3) is 0 Å². The molecule has 6 heteroatoms. The first kappa shape index (κ1) is 11.9. The predicted molar refractivity (Wildman–Crippen MR) is 68.4 cm³/mol. The van der Waals surface area contributed by atoms with Gasteiger partial charge in [-0.1, -0.05) is 29.4 Å². The average Bonchev–Trinajstić information content (AvgIpc) is 2.83. The van der Waals surface area contributed by atoms with Crippen molar-refractivity contribution in [3.63, 3.8) is 0 Å². The van der Waals surface area contributed by atoms with E-state index in [4.69, 9.17) is 4.52 Å². The van der Waals surface area contributed by atoms with Gasteiger partial charge >= 0.3 is 6.01 Å². The Labute approximate surface area is 110 Å². The van der Waals surface area contributed by atoms with Gasteiger partial charge in [0.15, 0.2) is 5.82 Å². The number of fused-ring (bicyclic) bond motifs is 1. The summed E-state index contributed by atoms with van der Waals surface area (Å²) >= 11 is 0. The van der Waals surface area contributed by atoms with Gasteiger partial charge in [0, 0.05) is 6.54 Å². The largest absolute Gasteiger partial charge is 0.328 e. The summed E-state index contributed by atoms with van der Waals surface area (Å²) in [5.41, 5.74) is 2.43. The van der Waals surface area contributed by atoms with Crippen LogP contribution in [0.3, 0.4) is 0 Å². The number of nitrogens with zero attached hydrogens (tertiary/aromatic N) is 2. The van der Waals surface area contributed by atoms with E-state index in [2.05, 4.69) is 26.8 Å². The number of carbonyl (C=O) groups is 1. The molecule has 0 unspecified atom stereocenters. The number of aromatic nitrogens is 2. The number of hydrogen-bond donors (Lipinski definition) is 2. The van der Waals surface area contributed by atoms with Crippen LogP contribution in [-0.2, 0) is 17.8 Å². The van der Waals surface area contributed by atoms with Crippen LogP contribution in [0.4, 0.5) is 6.01 Å². The van der Waals surface area contributed by atoms with Gasteiger partial charge in [0.1, 0.15) is 0 Å². The van der Waals surface area contributed by atoms with Crippen LogP contribution in [0.5, 0.6) is 0 Å². The Balaban J connectivity index is 1.69. The van der Waals surface area contributed by atoms with E-state index in [0.29, 0.717) is 18.8 Å². The molecule has 98 valence electrons. The number of carbonyl (C=O) groups excluding carboxylic acids is 1. The van der Waals surface area contributed by atoms with Crippen molar-refractivity contribution in [1.82, 2.24) is 15.5 Å². The summed E-state index contributed by atoms with van der Waals surface area (Å²) < 4.78 is 4.87. The molecule has 1 atom stereocenters. The molecule has 1 aliphatic heterocycles. The standard InChI is InChI=1S/C13H14N4O2/c1-8-15-13(19-17-8)16-12(18)11-6-9-4-2-3-5-10(9)7-14-11/h2-5,11,14H,6-7H2,1H3,(H,15,16,17,18)/t11-/m0/s1. The first-order chi connectivity index (χ1) is 9.22. The number of anilines is 1. The molecule has 1 amide bonds. The Bertz CT molecular complexity index is 608. The molecule has 3 rings (SSSR count). The highest BCUT2D eigenvalue weighted by atomic mass is 16.5. The molecule has 6 nitrogen and oxygen atoms in total. The molecule has 1 aromatic carbocycles. The third-order valence-electron chi connectivity index (χ3n) is 3.16. The van der Waals surface area contributed by atoms with E-state index in [-0.39, 0.29) is 18.0 Å². The molecular weight excluding hydrogens is 244 g/mol. The Hall–Kier alpha value is -2.21. The van der Waals surface area contributed by atoms with E-state index in [9.17, 15) is 4.79 Å². The fourth-order valence-electron chi connectivity index (χ4n) is 2.18. The SMILES string of the molecule is Cc1noc(NC(=O)[C@@H]2Cc3ccccc3CN2)n1. The summed E-state index contributed by atoms with van der Waals surface area (Å²) in [6, 6.07) is 7.97. The monoisotopic (exact) mass is 258 g/mol. The molecule has 0 saturated heterocycles. The lowest BCUT2D eigenvalue weighted by Gasteiger charge is -2.24. The van der Waals surface area contributed by atoms with Crippen molar-refractivity contribution in [2.45, 2.75) is 25.9 Å². The summed E-state index contributed by atoms with van der Waals surface area (Å²) in [6.07, 6.45) is 0.662. The summed E-state index contributed by atoms with van der Waals surface area (Å²) in [7, 11) is 0. The number of benzene rings is 1. The lowest BCUT2D eigenvalue weighted by molar-refractivity contribution is -0.118. The minimum atomic E-state index is -0.276. The van der Waals surface area contributed by atoms with Gasteiger partial charge in [-0.2, -0.15) is 4.98 Å². The van der Waals surface area contributed by atoms with Crippen molar-refractivity contribution in [3.8, 4) is 0 Å². The van der Waals surface area contributed by atoms with Crippen molar-refractivity contribution in [1.29, 1.82) is 0 Å². The molecule has 0 aliphatic carbocycles. The van der Waals surface area contributed by atoms with Crippen LogP contribution >= 0.6 is 0 Å². The first-order valence-corrected chi connectivity index (χ1v) is 6.14. The predicted octanol–water partition coefficient (Wildman–Crippen LogP) is 1.03. The molecule has 0 bridgehead atoms. The summed E-state index contributed by atoms with van der Waals surface area (Å²) in [4.78, 5) is 16.0. The molecule has 2 heterocycles. The number of nitrogens with one attached hydrogen (secondary N) is 2. The topological polar surface area (TPSA) is 80.0 Å². The van der Waals surface area contributed by atoms with Crippen LogP contribution < -0.4 is 10.6 Å². The Morgan fingerprint density at radius 1 is 1.42 bits per heavy atom. The Kier molecular flexibility index (Phi) is 3.00. The zero-order chi connectivity index (χ0) is 13.2. The Morgan fingerprint density at radius 2 is 2.21 bits per heavy atom.